The second-order valence-corrected chi connectivity index (χ2v) is 4.77. The van der Waals surface area contributed by atoms with E-state index in [-0.39, 0.29) is 7.43 Å². The quantitative estimate of drug-likeness (QED) is 0.534. The molecule has 0 spiro atoms. The van der Waals surface area contributed by atoms with Gasteiger partial charge in [-0.3, -0.25) is 10.9 Å². The first-order valence-electron chi connectivity index (χ1n) is 7.20. The lowest BCUT2D eigenvalue weighted by molar-refractivity contribution is 0.109. The highest BCUT2D eigenvalue weighted by Gasteiger charge is 2.11. The molecule has 1 heterocycles. The number of rotatable bonds is 4. The number of ether oxygens (including phenoxy) is 1. The molecule has 3 N–H and O–H groups in total. The van der Waals surface area contributed by atoms with Crippen molar-refractivity contribution in [2.75, 3.05) is 32.8 Å². The van der Waals surface area contributed by atoms with Crippen LogP contribution in [0.2, 0.25) is 0 Å². The van der Waals surface area contributed by atoms with E-state index in [0.29, 0.717) is 0 Å². The molecule has 0 unspecified atom stereocenters. The average Bonchev–Trinajstić information content (AvgIpc) is 2.43. The summed E-state index contributed by atoms with van der Waals surface area (Å²) in [6, 6.07) is 0.746. The third-order valence-corrected chi connectivity index (χ3v) is 3.13. The first-order valence-corrected chi connectivity index (χ1v) is 7.20. The Labute approximate surface area is 113 Å². The van der Waals surface area contributed by atoms with Crippen molar-refractivity contribution < 1.29 is 4.74 Å². The fraction of sp³-hybridized carbons (Fsp3) is 1.00. The zero-order chi connectivity index (χ0) is 12.2. The van der Waals surface area contributed by atoms with E-state index in [1.165, 1.54) is 38.5 Å². The van der Waals surface area contributed by atoms with Crippen molar-refractivity contribution in [3.63, 3.8) is 0 Å². The fourth-order valence-electron chi connectivity index (χ4n) is 2.10. The van der Waals surface area contributed by atoms with Crippen LogP contribution in [-0.4, -0.2) is 38.9 Å². The summed E-state index contributed by atoms with van der Waals surface area (Å²) in [5, 5.41) is 3.16. The zero-order valence-electron chi connectivity index (χ0n) is 11.3. The molecule has 110 valence electrons. The molecular weight excluding hydrogens is 226 g/mol. The zero-order valence-corrected chi connectivity index (χ0v) is 11.3. The molecule has 0 amide bonds. The molecule has 2 fully saturated rings. The molecule has 1 saturated heterocycles. The SMILES string of the molecule is C.C1COCCN1.CCCNNC1CCCCC1. The molecule has 0 radical (unpaired) electrons. The van der Waals surface area contributed by atoms with E-state index in [2.05, 4.69) is 23.1 Å². The number of hydrazine groups is 1. The van der Waals surface area contributed by atoms with E-state index in [0.717, 1.165) is 38.9 Å². The summed E-state index contributed by atoms with van der Waals surface area (Å²) in [7, 11) is 0. The van der Waals surface area contributed by atoms with Crippen molar-refractivity contribution >= 4 is 0 Å². The lowest BCUT2D eigenvalue weighted by Gasteiger charge is -2.22. The summed E-state index contributed by atoms with van der Waals surface area (Å²) in [4.78, 5) is 0. The van der Waals surface area contributed by atoms with Crippen LogP contribution >= 0.6 is 0 Å². The molecule has 4 heteroatoms. The summed E-state index contributed by atoms with van der Waals surface area (Å²) < 4.78 is 5.01. The molecule has 0 aromatic carbocycles. The van der Waals surface area contributed by atoms with Gasteiger partial charge in [-0.25, -0.2) is 0 Å². The molecule has 4 nitrogen and oxygen atoms in total. The predicted molar refractivity (Wildman–Crippen MR) is 78.7 cm³/mol. The lowest BCUT2D eigenvalue weighted by atomic mass is 9.96. The molecule has 0 aromatic rings. The van der Waals surface area contributed by atoms with Crippen LogP contribution in [0.5, 0.6) is 0 Å². The number of nitrogens with one attached hydrogen (secondary N) is 3. The van der Waals surface area contributed by atoms with Crippen LogP contribution in [0, 0.1) is 0 Å². The van der Waals surface area contributed by atoms with E-state index in [1.807, 2.05) is 0 Å². The van der Waals surface area contributed by atoms with Gasteiger partial charge in [-0.05, 0) is 19.3 Å². The predicted octanol–water partition coefficient (Wildman–Crippen LogP) is 2.07. The first-order chi connectivity index (χ1) is 8.43. The molecule has 1 saturated carbocycles. The van der Waals surface area contributed by atoms with Gasteiger partial charge in [0, 0.05) is 25.7 Å². The van der Waals surface area contributed by atoms with Crippen LogP contribution in [-0.2, 0) is 4.74 Å². The smallest absolute Gasteiger partial charge is 0.0591 e. The maximum absolute atomic E-state index is 5.01. The van der Waals surface area contributed by atoms with E-state index >= 15 is 0 Å². The molecule has 18 heavy (non-hydrogen) atoms. The highest BCUT2D eigenvalue weighted by atomic mass is 16.5. The normalized spacial score (nSPS) is 20.5. The van der Waals surface area contributed by atoms with Gasteiger partial charge >= 0.3 is 0 Å². The number of morpholine rings is 1. The van der Waals surface area contributed by atoms with Crippen molar-refractivity contribution in [1.29, 1.82) is 0 Å². The van der Waals surface area contributed by atoms with Crippen molar-refractivity contribution in [2.24, 2.45) is 0 Å². The second-order valence-electron chi connectivity index (χ2n) is 4.77. The molecular formula is C14H33N3O. The standard InChI is InChI=1S/C9H20N2.C4H9NO.CH4/c1-2-8-10-11-9-6-4-3-5-7-9;1-3-6-4-2-5-1;/h9-11H,2-8H2,1H3;5H,1-4H2;1H4. The lowest BCUT2D eigenvalue weighted by Crippen LogP contribution is -2.42. The van der Waals surface area contributed by atoms with Gasteiger partial charge < -0.3 is 10.1 Å². The Morgan fingerprint density at radius 1 is 1.11 bits per heavy atom. The van der Waals surface area contributed by atoms with Crippen LogP contribution in [0.3, 0.4) is 0 Å². The van der Waals surface area contributed by atoms with E-state index < -0.39 is 0 Å². The van der Waals surface area contributed by atoms with Crippen LogP contribution in [0.25, 0.3) is 0 Å². The summed E-state index contributed by atoms with van der Waals surface area (Å²) >= 11 is 0. The van der Waals surface area contributed by atoms with Gasteiger partial charge in [0.2, 0.25) is 0 Å². The topological polar surface area (TPSA) is 45.3 Å². The molecule has 2 rings (SSSR count). The van der Waals surface area contributed by atoms with Crippen molar-refractivity contribution in [3.8, 4) is 0 Å². The van der Waals surface area contributed by atoms with Gasteiger partial charge in [0.1, 0.15) is 0 Å². The largest absolute Gasteiger partial charge is 0.379 e. The molecule has 2 aliphatic rings. The van der Waals surface area contributed by atoms with E-state index in [9.17, 15) is 0 Å². The van der Waals surface area contributed by atoms with E-state index in [1.54, 1.807) is 0 Å². The van der Waals surface area contributed by atoms with Gasteiger partial charge in [0.25, 0.3) is 0 Å². The van der Waals surface area contributed by atoms with Gasteiger partial charge in [0.05, 0.1) is 13.2 Å². The Balaban J connectivity index is 0.000000352. The summed E-state index contributed by atoms with van der Waals surface area (Å²) in [5.74, 6) is 0. The number of hydrogen-bond donors (Lipinski definition) is 3. The first kappa shape index (κ1) is 17.8. The fourth-order valence-corrected chi connectivity index (χ4v) is 2.10. The maximum Gasteiger partial charge on any atom is 0.0591 e. The van der Waals surface area contributed by atoms with Gasteiger partial charge in [-0.15, -0.1) is 0 Å². The van der Waals surface area contributed by atoms with Crippen LogP contribution < -0.4 is 16.2 Å². The molecule has 1 aliphatic heterocycles. The summed E-state index contributed by atoms with van der Waals surface area (Å²) in [6.45, 7) is 7.12. The highest BCUT2D eigenvalue weighted by Crippen LogP contribution is 2.16. The Hall–Kier alpha value is -0.160. The van der Waals surface area contributed by atoms with Crippen LogP contribution in [0.1, 0.15) is 52.9 Å². The number of hydrogen-bond acceptors (Lipinski definition) is 4. The Bertz CT molecular complexity index is 146. The molecule has 0 aromatic heterocycles. The minimum Gasteiger partial charge on any atom is -0.379 e. The minimum atomic E-state index is 0. The van der Waals surface area contributed by atoms with Crippen LogP contribution in [0.4, 0.5) is 0 Å². The van der Waals surface area contributed by atoms with Gasteiger partial charge in [-0.1, -0.05) is 33.6 Å². The van der Waals surface area contributed by atoms with Gasteiger partial charge in [-0.2, -0.15) is 0 Å². The Morgan fingerprint density at radius 3 is 2.22 bits per heavy atom. The molecule has 0 atom stereocenters. The minimum absolute atomic E-state index is 0. The third kappa shape index (κ3) is 9.83. The summed E-state index contributed by atoms with van der Waals surface area (Å²) in [5.41, 5.74) is 6.63. The highest BCUT2D eigenvalue weighted by molar-refractivity contribution is 4.69. The third-order valence-electron chi connectivity index (χ3n) is 3.13. The molecule has 0 bridgehead atoms. The van der Waals surface area contributed by atoms with E-state index in [4.69, 9.17) is 4.74 Å². The Kier molecular flexibility index (Phi) is 13.2. The Morgan fingerprint density at radius 2 is 1.78 bits per heavy atom. The monoisotopic (exact) mass is 259 g/mol. The summed E-state index contributed by atoms with van der Waals surface area (Å²) in [6.07, 6.45) is 8.18. The van der Waals surface area contributed by atoms with Crippen molar-refractivity contribution in [3.05, 3.63) is 0 Å². The average molecular weight is 259 g/mol. The van der Waals surface area contributed by atoms with Crippen molar-refractivity contribution in [1.82, 2.24) is 16.2 Å². The van der Waals surface area contributed by atoms with Gasteiger partial charge in [0.15, 0.2) is 0 Å². The van der Waals surface area contributed by atoms with Crippen LogP contribution in [0.15, 0.2) is 0 Å². The second kappa shape index (κ2) is 13.3. The molecule has 1 aliphatic carbocycles. The van der Waals surface area contributed by atoms with Crippen molar-refractivity contribution in [2.45, 2.75) is 58.9 Å². The maximum atomic E-state index is 5.01.